The van der Waals surface area contributed by atoms with Gasteiger partial charge in [0.2, 0.25) is 10.0 Å². The second kappa shape index (κ2) is 16.2. The molecule has 0 heterocycles. The van der Waals surface area contributed by atoms with Gasteiger partial charge in [-0.3, -0.25) is 9.52 Å². The predicted molar refractivity (Wildman–Crippen MR) is 134 cm³/mol. The molecule has 6 nitrogen and oxygen atoms in total. The molecule has 0 saturated carbocycles. The third kappa shape index (κ3) is 12.5. The van der Waals surface area contributed by atoms with Crippen LogP contribution in [-0.2, 0) is 14.8 Å². The van der Waals surface area contributed by atoms with Gasteiger partial charge in [0.15, 0.2) is 6.10 Å². The molecule has 1 aromatic carbocycles. The maximum Gasteiger partial charge on any atom is 0.258 e. The highest BCUT2D eigenvalue weighted by Gasteiger charge is 2.19. The van der Waals surface area contributed by atoms with Gasteiger partial charge in [-0.05, 0) is 37.5 Å². The number of primary amides is 1. The molecule has 0 aliphatic heterocycles. The lowest BCUT2D eigenvalue weighted by Gasteiger charge is -2.17. The van der Waals surface area contributed by atoms with Crippen LogP contribution in [0.5, 0.6) is 5.75 Å². The number of carbonyl (C=O) groups is 1. The summed E-state index contributed by atoms with van der Waals surface area (Å²) >= 11 is 6.26. The maximum atomic E-state index is 12.0. The summed E-state index contributed by atoms with van der Waals surface area (Å²) in [6, 6.07) is 4.62. The minimum atomic E-state index is -3.41. The van der Waals surface area contributed by atoms with Crippen molar-refractivity contribution in [3.8, 4) is 5.75 Å². The molecule has 0 aliphatic rings. The number of rotatable bonds is 19. The molecular weight excluding hydrogens is 448 g/mol. The van der Waals surface area contributed by atoms with Gasteiger partial charge in [0.05, 0.1) is 16.5 Å². The third-order valence-corrected chi connectivity index (χ3v) is 7.05. The van der Waals surface area contributed by atoms with Gasteiger partial charge in [0.25, 0.3) is 5.91 Å². The van der Waals surface area contributed by atoms with Gasteiger partial charge >= 0.3 is 0 Å². The van der Waals surface area contributed by atoms with Gasteiger partial charge in [0, 0.05) is 0 Å². The number of amides is 1. The summed E-state index contributed by atoms with van der Waals surface area (Å²) in [6.45, 7) is 4.16. The Morgan fingerprint density at radius 2 is 1.53 bits per heavy atom. The highest BCUT2D eigenvalue weighted by molar-refractivity contribution is 7.92. The van der Waals surface area contributed by atoms with Crippen molar-refractivity contribution in [2.24, 2.45) is 5.73 Å². The first-order chi connectivity index (χ1) is 15.3. The highest BCUT2D eigenvalue weighted by Crippen LogP contribution is 2.30. The molecule has 1 amide bonds. The van der Waals surface area contributed by atoms with E-state index in [1.54, 1.807) is 12.1 Å². The van der Waals surface area contributed by atoms with Crippen molar-refractivity contribution < 1.29 is 17.9 Å². The van der Waals surface area contributed by atoms with Crippen LogP contribution in [0.25, 0.3) is 0 Å². The number of anilines is 1. The van der Waals surface area contributed by atoms with Crippen LogP contribution < -0.4 is 15.2 Å². The van der Waals surface area contributed by atoms with Gasteiger partial charge in [-0.25, -0.2) is 8.42 Å². The minimum absolute atomic E-state index is 0.0575. The molecule has 3 N–H and O–H groups in total. The first-order valence-electron chi connectivity index (χ1n) is 12.0. The Kier molecular flexibility index (Phi) is 14.5. The molecule has 32 heavy (non-hydrogen) atoms. The summed E-state index contributed by atoms with van der Waals surface area (Å²) in [5.41, 5.74) is 5.88. The van der Waals surface area contributed by atoms with E-state index in [9.17, 15) is 13.2 Å². The Labute approximate surface area is 199 Å². The molecule has 0 bridgehead atoms. The molecule has 8 heteroatoms. The molecule has 0 aromatic heterocycles. The van der Waals surface area contributed by atoms with E-state index in [4.69, 9.17) is 22.1 Å². The van der Waals surface area contributed by atoms with Crippen LogP contribution in [0.1, 0.15) is 97.3 Å². The van der Waals surface area contributed by atoms with Crippen molar-refractivity contribution >= 4 is 33.2 Å². The number of sulfonamides is 1. The number of hydrogen-bond acceptors (Lipinski definition) is 4. The Morgan fingerprint density at radius 3 is 2.06 bits per heavy atom. The summed E-state index contributed by atoms with van der Waals surface area (Å²) in [6.07, 6.45) is 13.2. The number of halogens is 1. The summed E-state index contributed by atoms with van der Waals surface area (Å²) in [5, 5.41) is 0.231. The van der Waals surface area contributed by atoms with Gasteiger partial charge < -0.3 is 10.5 Å². The second-order valence-corrected chi connectivity index (χ2v) is 10.6. The topological polar surface area (TPSA) is 98.5 Å². The molecular formula is C24H41ClN2O4S. The quantitative estimate of drug-likeness (QED) is 0.219. The summed E-state index contributed by atoms with van der Waals surface area (Å²) in [5.74, 6) is -0.150. The summed E-state index contributed by atoms with van der Waals surface area (Å²) in [7, 11) is -3.41. The van der Waals surface area contributed by atoms with E-state index in [2.05, 4.69) is 11.6 Å². The Bertz CT molecular complexity index is 771. The number of benzene rings is 1. The fraction of sp³-hybridized carbons (Fsp3) is 0.708. The van der Waals surface area contributed by atoms with Gasteiger partial charge in [-0.15, -0.1) is 0 Å². The van der Waals surface area contributed by atoms with Crippen LogP contribution in [0, 0.1) is 0 Å². The van der Waals surface area contributed by atoms with Crippen LogP contribution in [-0.4, -0.2) is 26.2 Å². The molecule has 0 saturated heterocycles. The molecule has 1 unspecified atom stereocenters. The largest absolute Gasteiger partial charge is 0.479 e. The molecule has 0 spiro atoms. The summed E-state index contributed by atoms with van der Waals surface area (Å²) in [4.78, 5) is 11.8. The highest BCUT2D eigenvalue weighted by atomic mass is 35.5. The zero-order valence-electron chi connectivity index (χ0n) is 19.7. The van der Waals surface area contributed by atoms with E-state index < -0.39 is 22.0 Å². The Balaban J connectivity index is 2.44. The fourth-order valence-electron chi connectivity index (χ4n) is 3.45. The molecule has 1 aromatic rings. The number of carbonyl (C=O) groups excluding carboxylic acids is 1. The van der Waals surface area contributed by atoms with Gasteiger partial charge in [-0.2, -0.15) is 0 Å². The predicted octanol–water partition coefficient (Wildman–Crippen LogP) is 6.43. The fourth-order valence-corrected chi connectivity index (χ4v) is 4.94. The summed E-state index contributed by atoms with van der Waals surface area (Å²) < 4.78 is 32.4. The van der Waals surface area contributed by atoms with Crippen molar-refractivity contribution in [2.45, 2.75) is 103 Å². The van der Waals surface area contributed by atoms with Crippen LogP contribution in [0.15, 0.2) is 18.2 Å². The first kappa shape index (κ1) is 28.6. The molecule has 0 radical (unpaired) electrons. The lowest BCUT2D eigenvalue weighted by atomic mass is 10.0. The number of hydrogen-bond donors (Lipinski definition) is 2. The standard InChI is InChI=1S/C24H41ClN2O4S/c1-3-5-7-8-9-10-11-12-13-14-15-23(24(26)28)31-22-17-16-20(19-21(22)25)27-32(29,30)18-6-4-2/h16-17,19,23,27H,3-15,18H2,1-2H3,(H2,26,28). The van der Waals surface area contributed by atoms with Crippen LogP contribution in [0.2, 0.25) is 5.02 Å². The average molecular weight is 489 g/mol. The normalized spacial score (nSPS) is 12.5. The van der Waals surface area contributed by atoms with Crippen molar-refractivity contribution in [1.29, 1.82) is 0 Å². The maximum absolute atomic E-state index is 12.0. The monoisotopic (exact) mass is 488 g/mol. The Morgan fingerprint density at radius 1 is 0.969 bits per heavy atom. The van der Waals surface area contributed by atoms with Crippen LogP contribution in [0.3, 0.4) is 0 Å². The van der Waals surface area contributed by atoms with Gasteiger partial charge in [0.1, 0.15) is 5.75 Å². The zero-order chi connectivity index (χ0) is 23.8. The SMILES string of the molecule is CCCCCCCCCCCCC(Oc1ccc(NS(=O)(=O)CCCC)cc1Cl)C(N)=O. The first-order valence-corrected chi connectivity index (χ1v) is 14.1. The lowest BCUT2D eigenvalue weighted by molar-refractivity contribution is -0.125. The van der Waals surface area contributed by atoms with Crippen molar-refractivity contribution in [1.82, 2.24) is 0 Å². The molecule has 1 rings (SSSR count). The Hall–Kier alpha value is -1.47. The van der Waals surface area contributed by atoms with E-state index in [0.717, 1.165) is 25.7 Å². The van der Waals surface area contributed by atoms with Crippen molar-refractivity contribution in [2.75, 3.05) is 10.5 Å². The van der Waals surface area contributed by atoms with Gasteiger partial charge in [-0.1, -0.05) is 89.7 Å². The third-order valence-electron chi connectivity index (χ3n) is 5.38. The van der Waals surface area contributed by atoms with Crippen molar-refractivity contribution in [3.05, 3.63) is 23.2 Å². The molecule has 1 atom stereocenters. The van der Waals surface area contributed by atoms with E-state index in [1.165, 1.54) is 51.0 Å². The lowest BCUT2D eigenvalue weighted by Crippen LogP contribution is -2.33. The number of ether oxygens (including phenoxy) is 1. The molecule has 184 valence electrons. The van der Waals surface area contributed by atoms with E-state index in [1.807, 2.05) is 6.92 Å². The zero-order valence-corrected chi connectivity index (χ0v) is 21.3. The molecule has 0 aliphatic carbocycles. The second-order valence-electron chi connectivity index (χ2n) is 8.40. The number of unbranched alkanes of at least 4 members (excludes halogenated alkanes) is 10. The smallest absolute Gasteiger partial charge is 0.258 e. The van der Waals surface area contributed by atoms with E-state index >= 15 is 0 Å². The number of nitrogens with one attached hydrogen (secondary N) is 1. The average Bonchev–Trinajstić information content (AvgIpc) is 2.73. The van der Waals surface area contributed by atoms with Crippen molar-refractivity contribution in [3.63, 3.8) is 0 Å². The molecule has 0 fully saturated rings. The van der Waals surface area contributed by atoms with E-state index in [-0.39, 0.29) is 10.8 Å². The number of nitrogens with two attached hydrogens (primary N) is 1. The van der Waals surface area contributed by atoms with Crippen LogP contribution >= 0.6 is 11.6 Å². The minimum Gasteiger partial charge on any atom is -0.479 e. The van der Waals surface area contributed by atoms with E-state index in [0.29, 0.717) is 24.3 Å². The van der Waals surface area contributed by atoms with Crippen LogP contribution in [0.4, 0.5) is 5.69 Å².